The van der Waals surface area contributed by atoms with Crippen molar-refractivity contribution in [2.24, 2.45) is 0 Å². The highest BCUT2D eigenvalue weighted by Crippen LogP contribution is 2.46. The number of nitrogens with zero attached hydrogens (tertiary/aromatic N) is 1. The average Bonchev–Trinajstić information content (AvgIpc) is 2.52. The van der Waals surface area contributed by atoms with Crippen LogP contribution in [0, 0.1) is 0 Å². The van der Waals surface area contributed by atoms with E-state index >= 15 is 0 Å². The van der Waals surface area contributed by atoms with Crippen molar-refractivity contribution in [1.29, 1.82) is 0 Å². The summed E-state index contributed by atoms with van der Waals surface area (Å²) >= 11 is 3.90. The summed E-state index contributed by atoms with van der Waals surface area (Å²) < 4.78 is 5.94. The van der Waals surface area contributed by atoms with Crippen molar-refractivity contribution >= 4 is 35.3 Å². The second-order valence-corrected chi connectivity index (χ2v) is 9.09. The number of rotatable bonds is 4. The van der Waals surface area contributed by atoms with E-state index in [9.17, 15) is 4.79 Å². The quantitative estimate of drug-likeness (QED) is 0.672. The van der Waals surface area contributed by atoms with Crippen molar-refractivity contribution in [1.82, 2.24) is 0 Å². The normalized spacial score (nSPS) is 16.0. The van der Waals surface area contributed by atoms with Crippen molar-refractivity contribution in [3.05, 3.63) is 42.5 Å². The highest BCUT2D eigenvalue weighted by atomic mass is 32.2. The van der Waals surface area contributed by atoms with Gasteiger partial charge in [-0.1, -0.05) is 24.3 Å². The van der Waals surface area contributed by atoms with Gasteiger partial charge in [-0.25, -0.2) is 4.79 Å². The number of hydrogen-bond donors (Lipinski definition) is 0. The minimum atomic E-state index is -0.514. The predicted octanol–water partition coefficient (Wildman–Crippen LogP) is 5.48. The van der Waals surface area contributed by atoms with Crippen LogP contribution in [0.2, 0.25) is 0 Å². The van der Waals surface area contributed by atoms with Gasteiger partial charge in [0, 0.05) is 6.54 Å². The van der Waals surface area contributed by atoms with Crippen molar-refractivity contribution in [3.8, 4) is 0 Å². The van der Waals surface area contributed by atoms with Crippen molar-refractivity contribution in [2.45, 2.75) is 37.4 Å². The van der Waals surface area contributed by atoms with E-state index in [2.05, 4.69) is 12.6 Å². The SMILES string of the molecule is C=CCN(C(=O)OC(C)(C)C)c1ccccc1C1SCCCS1. The molecule has 0 N–H and O–H groups in total. The van der Waals surface area contributed by atoms with E-state index in [1.807, 2.05) is 62.5 Å². The largest absolute Gasteiger partial charge is 0.443 e. The Hall–Kier alpha value is -1.07. The zero-order chi connectivity index (χ0) is 16.9. The maximum atomic E-state index is 12.6. The van der Waals surface area contributed by atoms with Crippen molar-refractivity contribution in [3.63, 3.8) is 0 Å². The Bertz CT molecular complexity index is 548. The minimum absolute atomic E-state index is 0.323. The molecule has 23 heavy (non-hydrogen) atoms. The molecule has 1 fully saturated rings. The van der Waals surface area contributed by atoms with Crippen LogP contribution >= 0.6 is 23.5 Å². The molecule has 0 aliphatic carbocycles. The Morgan fingerprint density at radius 3 is 2.61 bits per heavy atom. The number of amides is 1. The molecule has 1 aromatic rings. The van der Waals surface area contributed by atoms with Gasteiger partial charge in [0.25, 0.3) is 0 Å². The number of carbonyl (C=O) groups excluding carboxylic acids is 1. The molecule has 0 unspecified atom stereocenters. The van der Waals surface area contributed by atoms with Crippen LogP contribution in [0.5, 0.6) is 0 Å². The topological polar surface area (TPSA) is 29.5 Å². The Kier molecular flexibility index (Phi) is 6.48. The van der Waals surface area contributed by atoms with Crippen LogP contribution in [-0.4, -0.2) is 29.7 Å². The molecule has 1 aromatic carbocycles. The van der Waals surface area contributed by atoms with Gasteiger partial charge in [0.15, 0.2) is 0 Å². The summed E-state index contributed by atoms with van der Waals surface area (Å²) in [5, 5.41) is 0. The summed E-state index contributed by atoms with van der Waals surface area (Å²) in [4.78, 5) is 14.3. The summed E-state index contributed by atoms with van der Waals surface area (Å²) in [6, 6.07) is 8.12. The molecule has 3 nitrogen and oxygen atoms in total. The monoisotopic (exact) mass is 351 g/mol. The molecule has 0 aromatic heterocycles. The van der Waals surface area contributed by atoms with Gasteiger partial charge in [-0.15, -0.1) is 30.1 Å². The standard InChI is InChI=1S/C18H25NO2S2/c1-5-11-19(17(20)21-18(2,3)4)15-10-7-6-9-14(15)16-22-12-8-13-23-16/h5-7,9-10,16H,1,8,11-13H2,2-4H3. The fraction of sp³-hybridized carbons (Fsp3) is 0.500. The van der Waals surface area contributed by atoms with E-state index in [1.54, 1.807) is 11.0 Å². The van der Waals surface area contributed by atoms with Gasteiger partial charge in [-0.05, 0) is 50.3 Å². The van der Waals surface area contributed by atoms with Crippen LogP contribution in [0.4, 0.5) is 10.5 Å². The molecule has 5 heteroatoms. The molecule has 0 bridgehead atoms. The van der Waals surface area contributed by atoms with Crippen LogP contribution in [0.15, 0.2) is 36.9 Å². The van der Waals surface area contributed by atoms with Crippen molar-refractivity contribution in [2.75, 3.05) is 23.0 Å². The zero-order valence-corrected chi connectivity index (χ0v) is 15.7. The fourth-order valence-corrected chi connectivity index (χ4v) is 5.27. The number of ether oxygens (including phenoxy) is 1. The summed E-state index contributed by atoms with van der Waals surface area (Å²) in [5.74, 6) is 2.33. The van der Waals surface area contributed by atoms with Crippen molar-refractivity contribution < 1.29 is 9.53 Å². The van der Waals surface area contributed by atoms with Gasteiger partial charge in [-0.3, -0.25) is 4.90 Å². The summed E-state index contributed by atoms with van der Waals surface area (Å²) in [6.07, 6.45) is 2.66. The Labute approximate surface area is 147 Å². The van der Waals surface area contributed by atoms with Gasteiger partial charge in [0.05, 0.1) is 10.3 Å². The minimum Gasteiger partial charge on any atom is -0.443 e. The molecule has 1 heterocycles. The maximum absolute atomic E-state index is 12.6. The van der Waals surface area contributed by atoms with E-state index < -0.39 is 5.60 Å². The highest BCUT2D eigenvalue weighted by molar-refractivity contribution is 8.16. The summed E-state index contributed by atoms with van der Waals surface area (Å²) in [5.41, 5.74) is 1.60. The van der Waals surface area contributed by atoms with Gasteiger partial charge in [0.1, 0.15) is 5.60 Å². The zero-order valence-electron chi connectivity index (χ0n) is 14.1. The number of thioether (sulfide) groups is 2. The first kappa shape index (κ1) is 18.3. The molecule has 1 saturated heterocycles. The van der Waals surface area contributed by atoms with Crippen LogP contribution in [-0.2, 0) is 4.74 Å². The average molecular weight is 352 g/mol. The smallest absolute Gasteiger partial charge is 0.415 e. The van der Waals surface area contributed by atoms with Crippen LogP contribution < -0.4 is 4.90 Å². The fourth-order valence-electron chi connectivity index (χ4n) is 2.32. The molecular formula is C18H25NO2S2. The number of benzene rings is 1. The lowest BCUT2D eigenvalue weighted by Crippen LogP contribution is -2.37. The van der Waals surface area contributed by atoms with Gasteiger partial charge >= 0.3 is 6.09 Å². The lowest BCUT2D eigenvalue weighted by molar-refractivity contribution is 0.0584. The van der Waals surface area contributed by atoms with E-state index in [4.69, 9.17) is 4.74 Å². The molecule has 0 spiro atoms. The first-order valence-corrected chi connectivity index (χ1v) is 9.95. The van der Waals surface area contributed by atoms with E-state index in [1.165, 1.54) is 23.5 Å². The maximum Gasteiger partial charge on any atom is 0.415 e. The van der Waals surface area contributed by atoms with E-state index in [0.29, 0.717) is 11.1 Å². The number of para-hydroxylation sites is 1. The Balaban J connectivity index is 2.31. The first-order chi connectivity index (χ1) is 10.9. The molecular weight excluding hydrogens is 326 g/mol. The summed E-state index contributed by atoms with van der Waals surface area (Å²) in [6.45, 7) is 9.88. The van der Waals surface area contributed by atoms with Crippen LogP contribution in [0.1, 0.15) is 37.3 Å². The molecule has 0 saturated carbocycles. The first-order valence-electron chi connectivity index (χ1n) is 7.86. The molecule has 1 aliphatic rings. The molecule has 2 rings (SSSR count). The summed E-state index contributed by atoms with van der Waals surface area (Å²) in [7, 11) is 0. The van der Waals surface area contributed by atoms with Crippen LogP contribution in [0.3, 0.4) is 0 Å². The highest BCUT2D eigenvalue weighted by Gasteiger charge is 2.27. The van der Waals surface area contributed by atoms with Gasteiger partial charge in [0.2, 0.25) is 0 Å². The molecule has 0 radical (unpaired) electrons. The Morgan fingerprint density at radius 2 is 2.00 bits per heavy atom. The predicted molar refractivity (Wildman–Crippen MR) is 102 cm³/mol. The van der Waals surface area contributed by atoms with Crippen LogP contribution in [0.25, 0.3) is 0 Å². The van der Waals surface area contributed by atoms with Gasteiger partial charge in [-0.2, -0.15) is 0 Å². The third-order valence-electron chi connectivity index (χ3n) is 3.23. The molecule has 0 atom stereocenters. The third-order valence-corrected chi connectivity index (χ3v) is 6.21. The number of anilines is 1. The molecule has 126 valence electrons. The Morgan fingerprint density at radius 1 is 1.35 bits per heavy atom. The lowest BCUT2D eigenvalue weighted by Gasteiger charge is -2.30. The lowest BCUT2D eigenvalue weighted by atomic mass is 10.1. The number of hydrogen-bond acceptors (Lipinski definition) is 4. The van der Waals surface area contributed by atoms with E-state index in [-0.39, 0.29) is 6.09 Å². The second-order valence-electron chi connectivity index (χ2n) is 6.37. The molecule has 1 aliphatic heterocycles. The number of carbonyl (C=O) groups is 1. The van der Waals surface area contributed by atoms with E-state index in [0.717, 1.165) is 5.69 Å². The second kappa shape index (κ2) is 8.15. The molecule has 1 amide bonds. The van der Waals surface area contributed by atoms with Gasteiger partial charge < -0.3 is 4.74 Å². The third kappa shape index (κ3) is 5.21.